The Labute approximate surface area is 333 Å². The summed E-state index contributed by atoms with van der Waals surface area (Å²) in [5.74, 6) is -11.6. The van der Waals surface area contributed by atoms with Gasteiger partial charge in [0, 0.05) is 44.3 Å². The molecule has 7 aliphatic rings. The average Bonchev–Trinajstić information content (AvgIpc) is 3.42. The maximum absolute atomic E-state index is 13.9. The van der Waals surface area contributed by atoms with Gasteiger partial charge in [0.1, 0.15) is 5.60 Å². The lowest BCUT2D eigenvalue weighted by molar-refractivity contribution is -0.312. The molecular formula is C41H63NO15. The number of hydrogen-bond donors (Lipinski definition) is 6. The van der Waals surface area contributed by atoms with E-state index in [2.05, 4.69) is 11.8 Å². The molecule has 0 amide bonds. The highest BCUT2D eigenvalue weighted by Gasteiger charge is 2.92. The Morgan fingerprint density at radius 2 is 1.56 bits per heavy atom. The lowest BCUT2D eigenvalue weighted by Crippen LogP contribution is -2.79. The van der Waals surface area contributed by atoms with Crippen molar-refractivity contribution in [2.75, 3.05) is 13.1 Å². The molecule has 322 valence electrons. The number of rotatable bonds is 8. The highest BCUT2D eigenvalue weighted by atomic mass is 16.7. The van der Waals surface area contributed by atoms with Gasteiger partial charge >= 0.3 is 23.9 Å². The van der Waals surface area contributed by atoms with E-state index in [0.29, 0.717) is 31.8 Å². The highest BCUT2D eigenvalue weighted by molar-refractivity contribution is 5.75. The molecule has 16 nitrogen and oxygen atoms in total. The highest BCUT2D eigenvalue weighted by Crippen LogP contribution is 2.79. The van der Waals surface area contributed by atoms with Crippen LogP contribution in [0.1, 0.15) is 101 Å². The maximum atomic E-state index is 13.9. The standard InChI is InChI=1S/C41H63NO15/c1-10-19(3)33(48)55-31-29(47)27-23(17-42-16-18(2)11-12-25(42)37(27,8)50)24-15-39-30(40(24,31)51)32(53-21(5)44)38(9,56-22(6)45)35-36(39,7)14-13-26(41(35,52)57-39)54-34(49)28(46)20(4)43/h18-20,23-32,35,43,46-47,50-52H,10-17H2,1-9H3/t18-,19+,20+,23-,24-,25-,26-,27+,28?,29+,30+,31-,32-,35+,36-,37+,38?,39+,40-,41?/m0/s1. The number of esters is 4. The van der Waals surface area contributed by atoms with Gasteiger partial charge in [-0.25, -0.2) is 4.79 Å². The summed E-state index contributed by atoms with van der Waals surface area (Å²) in [5.41, 5.74) is -8.73. The van der Waals surface area contributed by atoms with Crippen LogP contribution in [0.4, 0.5) is 0 Å². The molecule has 20 atom stereocenters. The molecule has 3 aliphatic heterocycles. The van der Waals surface area contributed by atoms with Gasteiger partial charge in [0.15, 0.2) is 30.0 Å². The normalized spacial score (nSPS) is 51.2. The smallest absolute Gasteiger partial charge is 0.338 e. The van der Waals surface area contributed by atoms with E-state index >= 15 is 0 Å². The predicted molar refractivity (Wildman–Crippen MR) is 196 cm³/mol. The van der Waals surface area contributed by atoms with Crippen LogP contribution in [0.3, 0.4) is 0 Å². The Bertz CT molecular complexity index is 1660. The first-order chi connectivity index (χ1) is 26.4. The number of nitrogens with zero attached hydrogens (tertiary/aromatic N) is 1. The minimum atomic E-state index is -2.49. The molecule has 0 aromatic carbocycles. The third kappa shape index (κ3) is 5.74. The van der Waals surface area contributed by atoms with Crippen molar-refractivity contribution in [2.24, 2.45) is 46.8 Å². The number of carbonyl (C=O) groups is 4. The fraction of sp³-hybridized carbons (Fsp3) is 0.902. The molecule has 6 N–H and O–H groups in total. The van der Waals surface area contributed by atoms with Crippen LogP contribution in [0.25, 0.3) is 0 Å². The monoisotopic (exact) mass is 809 g/mol. The van der Waals surface area contributed by atoms with E-state index in [1.54, 1.807) is 20.8 Å². The van der Waals surface area contributed by atoms with Crippen molar-refractivity contribution in [3.63, 3.8) is 0 Å². The van der Waals surface area contributed by atoms with Crippen LogP contribution < -0.4 is 0 Å². The first kappa shape index (κ1) is 42.7. The van der Waals surface area contributed by atoms with Gasteiger partial charge in [-0.2, -0.15) is 0 Å². The Morgan fingerprint density at radius 3 is 2.16 bits per heavy atom. The van der Waals surface area contributed by atoms with E-state index < -0.39 is 130 Å². The lowest BCUT2D eigenvalue weighted by Gasteiger charge is -2.65. The average molecular weight is 810 g/mol. The van der Waals surface area contributed by atoms with Crippen molar-refractivity contribution in [1.82, 2.24) is 4.90 Å². The molecule has 3 saturated heterocycles. The van der Waals surface area contributed by atoms with Crippen molar-refractivity contribution in [2.45, 2.75) is 172 Å². The van der Waals surface area contributed by atoms with Crippen molar-refractivity contribution in [1.29, 1.82) is 0 Å². The van der Waals surface area contributed by atoms with Crippen molar-refractivity contribution in [3.8, 4) is 0 Å². The maximum Gasteiger partial charge on any atom is 0.338 e. The van der Waals surface area contributed by atoms with Gasteiger partial charge in [-0.15, -0.1) is 0 Å². The van der Waals surface area contributed by atoms with E-state index in [1.165, 1.54) is 13.8 Å². The number of carbonyl (C=O) groups excluding carboxylic acids is 4. The van der Waals surface area contributed by atoms with Crippen molar-refractivity contribution >= 4 is 23.9 Å². The Balaban J connectivity index is 1.47. The third-order valence-electron chi connectivity index (χ3n) is 16.0. The molecule has 4 saturated carbocycles. The van der Waals surface area contributed by atoms with Crippen LogP contribution in [-0.4, -0.2) is 143 Å². The first-order valence-electron chi connectivity index (χ1n) is 20.8. The van der Waals surface area contributed by atoms with Gasteiger partial charge in [0.25, 0.3) is 0 Å². The molecule has 3 heterocycles. The van der Waals surface area contributed by atoms with Gasteiger partial charge < -0.3 is 54.3 Å². The summed E-state index contributed by atoms with van der Waals surface area (Å²) in [4.78, 5) is 55.7. The Hall–Kier alpha value is -2.44. The molecule has 0 aromatic rings. The minimum absolute atomic E-state index is 0.0170. The van der Waals surface area contributed by atoms with Crippen LogP contribution in [-0.2, 0) is 42.9 Å². The second kappa shape index (κ2) is 13.8. The number of fused-ring (bicyclic) bond motifs is 5. The topological polar surface area (TPSA) is 239 Å². The molecule has 7 rings (SSSR count). The predicted octanol–water partition coefficient (Wildman–Crippen LogP) is 0.578. The molecule has 0 radical (unpaired) electrons. The van der Waals surface area contributed by atoms with E-state index in [9.17, 15) is 49.8 Å². The van der Waals surface area contributed by atoms with Gasteiger partial charge in [-0.05, 0) is 77.0 Å². The molecule has 16 heteroatoms. The third-order valence-corrected chi connectivity index (χ3v) is 16.0. The van der Waals surface area contributed by atoms with Gasteiger partial charge in [-0.1, -0.05) is 27.7 Å². The summed E-state index contributed by atoms with van der Waals surface area (Å²) < 4.78 is 31.3. The summed E-state index contributed by atoms with van der Waals surface area (Å²) >= 11 is 0. The van der Waals surface area contributed by atoms with Gasteiger partial charge in [-0.3, -0.25) is 19.3 Å². The fourth-order valence-corrected chi connectivity index (χ4v) is 13.7. The summed E-state index contributed by atoms with van der Waals surface area (Å²) in [6.07, 6.45) is -7.88. The number of piperidine rings is 2. The zero-order valence-corrected chi connectivity index (χ0v) is 34.5. The quantitative estimate of drug-likeness (QED) is 0.145. The molecule has 4 bridgehead atoms. The van der Waals surface area contributed by atoms with Crippen molar-refractivity contribution in [3.05, 3.63) is 0 Å². The zero-order valence-electron chi connectivity index (χ0n) is 34.5. The Morgan fingerprint density at radius 1 is 0.895 bits per heavy atom. The largest absolute Gasteiger partial charge is 0.458 e. The van der Waals surface area contributed by atoms with E-state index in [-0.39, 0.29) is 25.3 Å². The van der Waals surface area contributed by atoms with Crippen LogP contribution in [0.15, 0.2) is 0 Å². The van der Waals surface area contributed by atoms with Crippen molar-refractivity contribution < 1.29 is 73.5 Å². The van der Waals surface area contributed by atoms with Crippen LogP contribution in [0, 0.1) is 46.8 Å². The fourth-order valence-electron chi connectivity index (χ4n) is 13.7. The number of ether oxygens (including phenoxy) is 5. The SMILES string of the molecule is CC[C@@H](C)C(=O)O[C@H]1[C@H](O)[C@H]2[C@@H](CN3C[C@@H](C)CC[C@H]3[C@@]2(C)O)[C@@H]2C[C@]34OC5(O)[C@@H](OC(=O)C(O)[C@@H](C)O)CC[C@@]3(C)[C@@H]5C(C)(OC(C)=O)[C@@H](OC(C)=O)[C@H]4[C@@]21O. The molecule has 7 fully saturated rings. The zero-order chi connectivity index (χ0) is 42.2. The minimum Gasteiger partial charge on any atom is -0.458 e. The molecule has 1 spiro atoms. The second-order valence-corrected chi connectivity index (χ2v) is 19.5. The number of aliphatic hydroxyl groups excluding tert-OH is 3. The summed E-state index contributed by atoms with van der Waals surface area (Å²) in [6.45, 7) is 15.1. The van der Waals surface area contributed by atoms with E-state index in [4.69, 9.17) is 23.7 Å². The van der Waals surface area contributed by atoms with Crippen LogP contribution in [0.5, 0.6) is 0 Å². The summed E-state index contributed by atoms with van der Waals surface area (Å²) in [5, 5.41) is 72.8. The number of hydrogen-bond acceptors (Lipinski definition) is 16. The second-order valence-electron chi connectivity index (χ2n) is 19.5. The van der Waals surface area contributed by atoms with Crippen LogP contribution >= 0.6 is 0 Å². The molecular weight excluding hydrogens is 746 g/mol. The molecule has 0 aromatic heterocycles. The number of aliphatic hydroxyl groups is 6. The summed E-state index contributed by atoms with van der Waals surface area (Å²) in [7, 11) is 0. The molecule has 3 unspecified atom stereocenters. The van der Waals surface area contributed by atoms with E-state index in [0.717, 1.165) is 20.3 Å². The van der Waals surface area contributed by atoms with E-state index in [1.807, 2.05) is 6.92 Å². The molecule has 57 heavy (non-hydrogen) atoms. The Kier molecular flexibility index (Phi) is 10.3. The summed E-state index contributed by atoms with van der Waals surface area (Å²) in [6, 6.07) is -0.332. The van der Waals surface area contributed by atoms with Gasteiger partial charge in [0.2, 0.25) is 5.79 Å². The lowest BCUT2D eigenvalue weighted by atomic mass is 9.45. The first-order valence-corrected chi connectivity index (χ1v) is 20.8. The molecule has 4 aliphatic carbocycles. The van der Waals surface area contributed by atoms with Crippen LogP contribution in [0.2, 0.25) is 0 Å². The van der Waals surface area contributed by atoms with Gasteiger partial charge in [0.05, 0.1) is 41.2 Å².